The summed E-state index contributed by atoms with van der Waals surface area (Å²) in [5.41, 5.74) is 2.70. The number of carbonyl (C=O) groups excluding carboxylic acids is 1. The molecule has 1 aliphatic carbocycles. The maximum Gasteiger partial charge on any atom is 0.306 e. The number of rotatable bonds is 8. The highest BCUT2D eigenvalue weighted by molar-refractivity contribution is 5.69. The molecule has 2 aliphatic rings. The first-order chi connectivity index (χ1) is 16.1. The molecule has 1 N–H and O–H groups in total. The number of esters is 1. The Hall–Kier alpha value is -1.59. The number of hydrogen-bond donors (Lipinski definition) is 1. The summed E-state index contributed by atoms with van der Waals surface area (Å²) in [6, 6.07) is 3.96. The monoisotopic (exact) mass is 488 g/mol. The second-order valence-electron chi connectivity index (χ2n) is 13.1. The SMILES string of the molecule is CCC1(C)C(C)(CC)C12COC(C(C)(C)COC(=O)CCc1cc(C)c(O)c(C(C)(C)C)c1)OC2. The maximum absolute atomic E-state index is 12.6. The summed E-state index contributed by atoms with van der Waals surface area (Å²) in [6.07, 6.45) is 2.72. The van der Waals surface area contributed by atoms with Gasteiger partial charge in [-0.2, -0.15) is 0 Å². The number of phenolic OH excluding ortho intramolecular Hbond substituents is 1. The highest BCUT2D eigenvalue weighted by Gasteiger charge is 2.80. The van der Waals surface area contributed by atoms with Crippen molar-refractivity contribution in [3.05, 3.63) is 28.8 Å². The average Bonchev–Trinajstić information content (AvgIpc) is 3.20. The van der Waals surface area contributed by atoms with Gasteiger partial charge in [-0.1, -0.05) is 74.4 Å². The minimum Gasteiger partial charge on any atom is -0.507 e. The Morgan fingerprint density at radius 2 is 1.60 bits per heavy atom. The fraction of sp³-hybridized carbons (Fsp3) is 0.767. The van der Waals surface area contributed by atoms with Crippen molar-refractivity contribution in [2.45, 2.75) is 107 Å². The Morgan fingerprint density at radius 1 is 1.06 bits per heavy atom. The van der Waals surface area contributed by atoms with Crippen LogP contribution < -0.4 is 0 Å². The van der Waals surface area contributed by atoms with E-state index in [0.717, 1.165) is 29.5 Å². The highest BCUT2D eigenvalue weighted by atomic mass is 16.7. The van der Waals surface area contributed by atoms with E-state index in [-0.39, 0.29) is 34.2 Å². The van der Waals surface area contributed by atoms with E-state index >= 15 is 0 Å². The zero-order valence-corrected chi connectivity index (χ0v) is 23.8. The lowest BCUT2D eigenvalue weighted by atomic mass is 9.83. The normalized spacial score (nSPS) is 31.0. The molecule has 2 unspecified atom stereocenters. The molecule has 198 valence electrons. The van der Waals surface area contributed by atoms with Crippen LogP contribution in [0.4, 0.5) is 0 Å². The predicted molar refractivity (Wildman–Crippen MR) is 140 cm³/mol. The first kappa shape index (κ1) is 28.0. The summed E-state index contributed by atoms with van der Waals surface area (Å²) < 4.78 is 18.3. The molecule has 0 radical (unpaired) electrons. The van der Waals surface area contributed by atoms with Gasteiger partial charge in [0.1, 0.15) is 12.4 Å². The standard InChI is InChI=1S/C30H48O5/c1-11-28(9)29(10,12-2)30(28)18-34-25(35-19-30)27(7,8)17-33-23(31)14-13-21-15-20(3)24(32)22(16-21)26(4,5)6/h15-16,25,32H,11-14,17-19H2,1-10H3. The summed E-state index contributed by atoms with van der Waals surface area (Å²) in [5, 5.41) is 10.4. The fourth-order valence-electron chi connectivity index (χ4n) is 6.56. The molecule has 2 atom stereocenters. The maximum atomic E-state index is 12.6. The molecule has 1 aromatic carbocycles. The van der Waals surface area contributed by atoms with Crippen LogP contribution >= 0.6 is 0 Å². The number of hydrogen-bond acceptors (Lipinski definition) is 5. The van der Waals surface area contributed by atoms with E-state index in [2.05, 4.69) is 48.5 Å². The fourth-order valence-corrected chi connectivity index (χ4v) is 6.56. The van der Waals surface area contributed by atoms with Gasteiger partial charge in [-0.3, -0.25) is 4.79 Å². The van der Waals surface area contributed by atoms with E-state index < -0.39 is 11.7 Å². The number of aryl methyl sites for hydroxylation is 2. The number of phenols is 1. The quantitative estimate of drug-likeness (QED) is 0.412. The van der Waals surface area contributed by atoms with E-state index in [9.17, 15) is 9.90 Å². The van der Waals surface area contributed by atoms with Crippen LogP contribution in [0.1, 0.15) is 98.3 Å². The lowest BCUT2D eigenvalue weighted by Gasteiger charge is -2.40. The van der Waals surface area contributed by atoms with Crippen LogP contribution in [-0.2, 0) is 30.8 Å². The molecule has 2 fully saturated rings. The van der Waals surface area contributed by atoms with Crippen molar-refractivity contribution in [3.63, 3.8) is 0 Å². The molecule has 1 aliphatic heterocycles. The van der Waals surface area contributed by atoms with Gasteiger partial charge >= 0.3 is 5.97 Å². The number of benzene rings is 1. The van der Waals surface area contributed by atoms with Gasteiger partial charge in [-0.05, 0) is 59.1 Å². The topological polar surface area (TPSA) is 65.0 Å². The Morgan fingerprint density at radius 3 is 2.09 bits per heavy atom. The van der Waals surface area contributed by atoms with Crippen molar-refractivity contribution in [1.29, 1.82) is 0 Å². The predicted octanol–water partition coefficient (Wildman–Crippen LogP) is 6.71. The van der Waals surface area contributed by atoms with Crippen LogP contribution in [0.3, 0.4) is 0 Å². The lowest BCUT2D eigenvalue weighted by molar-refractivity contribution is -0.266. The minimum absolute atomic E-state index is 0.0704. The van der Waals surface area contributed by atoms with E-state index in [0.29, 0.717) is 31.8 Å². The minimum atomic E-state index is -0.439. The number of ether oxygens (including phenoxy) is 3. The summed E-state index contributed by atoms with van der Waals surface area (Å²) >= 11 is 0. The second-order valence-corrected chi connectivity index (χ2v) is 13.1. The largest absolute Gasteiger partial charge is 0.507 e. The van der Waals surface area contributed by atoms with Crippen LogP contribution in [0.5, 0.6) is 5.75 Å². The molecule has 0 aromatic heterocycles. The Balaban J connectivity index is 1.53. The molecule has 0 amide bonds. The molecular weight excluding hydrogens is 440 g/mol. The average molecular weight is 489 g/mol. The zero-order chi connectivity index (χ0) is 26.4. The second kappa shape index (κ2) is 9.37. The van der Waals surface area contributed by atoms with Crippen LogP contribution in [0.25, 0.3) is 0 Å². The first-order valence-electron chi connectivity index (χ1n) is 13.3. The van der Waals surface area contributed by atoms with Gasteiger partial charge in [0.25, 0.3) is 0 Å². The molecular formula is C30H48O5. The van der Waals surface area contributed by atoms with Gasteiger partial charge in [-0.25, -0.2) is 0 Å². The third kappa shape index (κ3) is 4.64. The van der Waals surface area contributed by atoms with Crippen molar-refractivity contribution >= 4 is 5.97 Å². The summed E-state index contributed by atoms with van der Waals surface area (Å²) in [5.74, 6) is 0.109. The summed E-state index contributed by atoms with van der Waals surface area (Å²) in [4.78, 5) is 12.6. The van der Waals surface area contributed by atoms with E-state index in [1.54, 1.807) is 0 Å². The van der Waals surface area contributed by atoms with Gasteiger partial charge in [-0.15, -0.1) is 0 Å². The number of carbonyl (C=O) groups is 1. The molecule has 1 heterocycles. The zero-order valence-electron chi connectivity index (χ0n) is 23.8. The molecule has 1 saturated carbocycles. The van der Waals surface area contributed by atoms with Crippen molar-refractivity contribution in [2.75, 3.05) is 19.8 Å². The number of aromatic hydroxyl groups is 1. The van der Waals surface area contributed by atoms with Crippen LogP contribution in [0, 0.1) is 28.6 Å². The molecule has 1 saturated heterocycles. The molecule has 1 spiro atoms. The third-order valence-corrected chi connectivity index (χ3v) is 9.67. The highest BCUT2D eigenvalue weighted by Crippen LogP contribution is 2.81. The lowest BCUT2D eigenvalue weighted by Crippen LogP contribution is -2.46. The Bertz CT molecular complexity index is 917. The van der Waals surface area contributed by atoms with Crippen molar-refractivity contribution in [2.24, 2.45) is 21.7 Å². The van der Waals surface area contributed by atoms with Crippen molar-refractivity contribution in [3.8, 4) is 5.75 Å². The van der Waals surface area contributed by atoms with Crippen LogP contribution in [-0.4, -0.2) is 37.2 Å². The van der Waals surface area contributed by atoms with Gasteiger partial charge in [0, 0.05) is 17.3 Å². The Kier molecular flexibility index (Phi) is 7.49. The molecule has 3 rings (SSSR count). The molecule has 35 heavy (non-hydrogen) atoms. The van der Waals surface area contributed by atoms with E-state index in [1.165, 1.54) is 0 Å². The van der Waals surface area contributed by atoms with Crippen LogP contribution in [0.2, 0.25) is 0 Å². The van der Waals surface area contributed by atoms with Gasteiger partial charge in [0.05, 0.1) is 13.2 Å². The van der Waals surface area contributed by atoms with Gasteiger partial charge in [0.2, 0.25) is 0 Å². The summed E-state index contributed by atoms with van der Waals surface area (Å²) in [7, 11) is 0. The first-order valence-corrected chi connectivity index (χ1v) is 13.3. The molecule has 0 bridgehead atoms. The van der Waals surface area contributed by atoms with Gasteiger partial charge in [0.15, 0.2) is 6.29 Å². The summed E-state index contributed by atoms with van der Waals surface area (Å²) in [6.45, 7) is 23.1. The molecule has 5 heteroatoms. The van der Waals surface area contributed by atoms with Crippen molar-refractivity contribution < 1.29 is 24.1 Å². The molecule has 5 nitrogen and oxygen atoms in total. The Labute approximate surface area is 212 Å². The van der Waals surface area contributed by atoms with E-state index in [1.807, 2.05) is 32.9 Å². The smallest absolute Gasteiger partial charge is 0.306 e. The molecule has 1 aromatic rings. The van der Waals surface area contributed by atoms with Crippen LogP contribution in [0.15, 0.2) is 12.1 Å². The van der Waals surface area contributed by atoms with E-state index in [4.69, 9.17) is 14.2 Å². The van der Waals surface area contributed by atoms with Gasteiger partial charge < -0.3 is 19.3 Å². The van der Waals surface area contributed by atoms with Crippen molar-refractivity contribution in [1.82, 2.24) is 0 Å². The third-order valence-electron chi connectivity index (χ3n) is 9.67.